The first-order valence-electron chi connectivity index (χ1n) is 8.73. The smallest absolute Gasteiger partial charge is 0.345 e. The van der Waals surface area contributed by atoms with Gasteiger partial charge in [0.05, 0.1) is 23.4 Å². The van der Waals surface area contributed by atoms with Gasteiger partial charge in [0.25, 0.3) is 5.91 Å². The van der Waals surface area contributed by atoms with E-state index in [0.717, 1.165) is 18.2 Å². The summed E-state index contributed by atoms with van der Waals surface area (Å²) in [6, 6.07) is 2.91. The number of rotatable bonds is 4. The molecule has 1 N–H and O–H groups in total. The van der Waals surface area contributed by atoms with Gasteiger partial charge in [-0.25, -0.2) is 18.4 Å². The van der Waals surface area contributed by atoms with Gasteiger partial charge in [-0.3, -0.25) is 4.79 Å². The largest absolute Gasteiger partial charge is 0.434 e. The number of halogens is 8. The van der Waals surface area contributed by atoms with E-state index in [0.29, 0.717) is 24.5 Å². The second-order valence-corrected chi connectivity index (χ2v) is 6.59. The first-order valence-corrected chi connectivity index (χ1v) is 8.73. The summed E-state index contributed by atoms with van der Waals surface area (Å²) >= 11 is 0. The number of alkyl halides is 6. The maximum atomic E-state index is 13.7. The molecule has 0 saturated carbocycles. The van der Waals surface area contributed by atoms with Crippen molar-refractivity contribution in [3.05, 3.63) is 76.7 Å². The van der Waals surface area contributed by atoms with Crippen molar-refractivity contribution in [3.63, 3.8) is 0 Å². The van der Waals surface area contributed by atoms with Crippen molar-refractivity contribution in [1.29, 1.82) is 0 Å². The lowest BCUT2D eigenvalue weighted by molar-refractivity contribution is -0.143. The van der Waals surface area contributed by atoms with Crippen LogP contribution in [0.4, 0.5) is 35.1 Å². The van der Waals surface area contributed by atoms with Gasteiger partial charge in [0.2, 0.25) is 0 Å². The van der Waals surface area contributed by atoms with Crippen molar-refractivity contribution in [2.45, 2.75) is 25.3 Å². The van der Waals surface area contributed by atoms with Crippen LogP contribution in [0.1, 0.15) is 40.1 Å². The predicted octanol–water partition coefficient (Wildman–Crippen LogP) is 5.07. The SMILES string of the molecule is CC(NC(=O)c1cnn(-c2ccc(C(F)(F)F)cn2)c1C(F)(F)F)c1ccc(F)c(F)c1. The highest BCUT2D eigenvalue weighted by atomic mass is 19.4. The van der Waals surface area contributed by atoms with Gasteiger partial charge in [-0.15, -0.1) is 0 Å². The number of hydrogen-bond donors (Lipinski definition) is 1. The summed E-state index contributed by atoms with van der Waals surface area (Å²) in [6.07, 6.45) is -8.96. The van der Waals surface area contributed by atoms with Crippen molar-refractivity contribution in [1.82, 2.24) is 20.1 Å². The van der Waals surface area contributed by atoms with Gasteiger partial charge in [0.15, 0.2) is 23.1 Å². The van der Waals surface area contributed by atoms with Crippen molar-refractivity contribution in [2.75, 3.05) is 0 Å². The summed E-state index contributed by atoms with van der Waals surface area (Å²) in [7, 11) is 0. The summed E-state index contributed by atoms with van der Waals surface area (Å²) in [5.41, 5.74) is -3.60. The number of aromatic nitrogens is 3. The molecule has 32 heavy (non-hydrogen) atoms. The molecule has 1 unspecified atom stereocenters. The predicted molar refractivity (Wildman–Crippen MR) is 93.6 cm³/mol. The van der Waals surface area contributed by atoms with E-state index in [1.807, 2.05) is 0 Å². The summed E-state index contributed by atoms with van der Waals surface area (Å²) < 4.78 is 106. The van der Waals surface area contributed by atoms with E-state index in [1.54, 1.807) is 0 Å². The molecule has 2 heterocycles. The minimum absolute atomic E-state index is 0.0857. The lowest BCUT2D eigenvalue weighted by Crippen LogP contribution is -2.29. The normalized spacial score (nSPS) is 13.2. The Morgan fingerprint density at radius 1 is 0.969 bits per heavy atom. The fraction of sp³-hybridized carbons (Fsp3) is 0.211. The Balaban J connectivity index is 1.94. The Hall–Kier alpha value is -3.51. The third kappa shape index (κ3) is 4.70. The van der Waals surface area contributed by atoms with Gasteiger partial charge >= 0.3 is 12.4 Å². The van der Waals surface area contributed by atoms with Crippen LogP contribution in [0.5, 0.6) is 0 Å². The molecule has 0 spiro atoms. The van der Waals surface area contributed by atoms with Crippen LogP contribution in [-0.2, 0) is 12.4 Å². The average Bonchev–Trinajstić information content (AvgIpc) is 3.15. The zero-order valence-corrected chi connectivity index (χ0v) is 15.9. The Labute approximate surface area is 174 Å². The molecule has 1 atom stereocenters. The number of amides is 1. The fourth-order valence-electron chi connectivity index (χ4n) is 2.78. The number of hydrogen-bond acceptors (Lipinski definition) is 3. The lowest BCUT2D eigenvalue weighted by Gasteiger charge is -2.16. The molecule has 13 heteroatoms. The Morgan fingerprint density at radius 2 is 1.66 bits per heavy atom. The molecule has 170 valence electrons. The highest BCUT2D eigenvalue weighted by Crippen LogP contribution is 2.34. The highest BCUT2D eigenvalue weighted by Gasteiger charge is 2.41. The minimum atomic E-state index is -5.13. The Bertz CT molecular complexity index is 1140. The van der Waals surface area contributed by atoms with Crippen LogP contribution in [0, 0.1) is 11.6 Å². The summed E-state index contributed by atoms with van der Waals surface area (Å²) in [5.74, 6) is -4.19. The topological polar surface area (TPSA) is 59.8 Å². The first kappa shape index (κ1) is 23.2. The van der Waals surface area contributed by atoms with Crippen LogP contribution >= 0.6 is 0 Å². The van der Waals surface area contributed by atoms with Crippen LogP contribution in [0.25, 0.3) is 5.82 Å². The van der Waals surface area contributed by atoms with Gasteiger partial charge < -0.3 is 5.32 Å². The Morgan fingerprint density at radius 3 is 2.19 bits per heavy atom. The first-order chi connectivity index (χ1) is 14.8. The molecule has 3 rings (SSSR count). The van der Waals surface area contributed by atoms with E-state index in [2.05, 4.69) is 15.4 Å². The lowest BCUT2D eigenvalue weighted by atomic mass is 10.1. The summed E-state index contributed by atoms with van der Waals surface area (Å²) in [4.78, 5) is 15.8. The van der Waals surface area contributed by atoms with Crippen molar-refractivity contribution >= 4 is 5.91 Å². The third-order valence-electron chi connectivity index (χ3n) is 4.37. The van der Waals surface area contributed by atoms with Crippen LogP contribution in [0.3, 0.4) is 0 Å². The number of carbonyl (C=O) groups is 1. The van der Waals surface area contributed by atoms with Crippen LogP contribution in [0.15, 0.2) is 42.7 Å². The van der Waals surface area contributed by atoms with Crippen molar-refractivity contribution in [3.8, 4) is 5.82 Å². The molecule has 2 aromatic heterocycles. The molecule has 0 fully saturated rings. The molecular weight excluding hydrogens is 452 g/mol. The quantitative estimate of drug-likeness (QED) is 0.549. The summed E-state index contributed by atoms with van der Waals surface area (Å²) in [6.45, 7) is 1.33. The van der Waals surface area contributed by atoms with E-state index in [9.17, 15) is 39.9 Å². The Kier molecular flexibility index (Phi) is 5.94. The molecular formula is C19H12F8N4O. The van der Waals surface area contributed by atoms with E-state index < -0.39 is 58.6 Å². The maximum absolute atomic E-state index is 13.7. The van der Waals surface area contributed by atoms with Crippen LogP contribution < -0.4 is 5.32 Å². The molecule has 5 nitrogen and oxygen atoms in total. The molecule has 0 saturated heterocycles. The molecule has 0 aliphatic carbocycles. The van der Waals surface area contributed by atoms with E-state index >= 15 is 0 Å². The highest BCUT2D eigenvalue weighted by molar-refractivity contribution is 5.95. The third-order valence-corrected chi connectivity index (χ3v) is 4.37. The van der Waals surface area contributed by atoms with Crippen LogP contribution in [-0.4, -0.2) is 20.7 Å². The standard InChI is InChI=1S/C19H12F8N4O/c1-9(10-2-4-13(20)14(21)6-10)30-17(32)12-8-29-31(16(12)19(25,26)27)15-5-3-11(7-28-15)18(22,23)24/h2-9H,1H3,(H,30,32). The van der Waals surface area contributed by atoms with Crippen molar-refractivity contribution < 1.29 is 39.9 Å². The van der Waals surface area contributed by atoms with Gasteiger partial charge in [0, 0.05) is 6.20 Å². The number of benzene rings is 1. The molecule has 0 aliphatic rings. The second-order valence-electron chi connectivity index (χ2n) is 6.59. The minimum Gasteiger partial charge on any atom is -0.345 e. The molecule has 1 amide bonds. The van der Waals surface area contributed by atoms with Gasteiger partial charge in [-0.1, -0.05) is 6.07 Å². The molecule has 1 aromatic carbocycles. The van der Waals surface area contributed by atoms with Gasteiger partial charge in [0.1, 0.15) is 0 Å². The van der Waals surface area contributed by atoms with Crippen molar-refractivity contribution in [2.24, 2.45) is 0 Å². The van der Waals surface area contributed by atoms with E-state index in [4.69, 9.17) is 0 Å². The molecule has 0 radical (unpaired) electrons. The number of pyridine rings is 1. The zero-order chi connectivity index (χ0) is 23.8. The monoisotopic (exact) mass is 464 g/mol. The van der Waals surface area contributed by atoms with Crippen LogP contribution in [0.2, 0.25) is 0 Å². The number of nitrogens with zero attached hydrogens (tertiary/aromatic N) is 3. The molecule has 0 aliphatic heterocycles. The molecule has 3 aromatic rings. The van der Waals surface area contributed by atoms with Gasteiger partial charge in [-0.2, -0.15) is 31.4 Å². The second kappa shape index (κ2) is 8.20. The zero-order valence-electron chi connectivity index (χ0n) is 15.9. The van der Waals surface area contributed by atoms with E-state index in [-0.39, 0.29) is 10.2 Å². The number of carbonyl (C=O) groups excluding carboxylic acids is 1. The van der Waals surface area contributed by atoms with Gasteiger partial charge in [-0.05, 0) is 36.8 Å². The molecule has 0 bridgehead atoms. The van der Waals surface area contributed by atoms with E-state index in [1.165, 1.54) is 6.92 Å². The average molecular weight is 464 g/mol. The number of nitrogens with one attached hydrogen (secondary N) is 1. The maximum Gasteiger partial charge on any atom is 0.434 e. The fourth-order valence-corrected chi connectivity index (χ4v) is 2.78. The summed E-state index contributed by atoms with van der Waals surface area (Å²) in [5, 5.41) is 5.67.